The molecule has 3 rings (SSSR count). The summed E-state index contributed by atoms with van der Waals surface area (Å²) in [6.45, 7) is 4.25. The number of hydrogen-bond acceptors (Lipinski definition) is 6. The quantitative estimate of drug-likeness (QED) is 0.144. The molecular formula is C29H32Cl2N2O5S. The zero-order valence-corrected chi connectivity index (χ0v) is 24.5. The Bertz CT molecular complexity index is 1320. The molecule has 208 valence electrons. The SMILES string of the molecule is CCCCCCCCOc1cccc(-c2csc(NC(=O)c3cc(Cl)c(/C=C(\C)C(=O)O)c(Cl)c3)n2)c1OC. The van der Waals surface area contributed by atoms with E-state index in [1.807, 2.05) is 23.6 Å². The molecule has 0 radical (unpaired) electrons. The third kappa shape index (κ3) is 8.46. The molecule has 10 heteroatoms. The highest BCUT2D eigenvalue weighted by Crippen LogP contribution is 2.39. The van der Waals surface area contributed by atoms with Crippen LogP contribution in [0, 0.1) is 0 Å². The van der Waals surface area contributed by atoms with Gasteiger partial charge in [0.15, 0.2) is 16.6 Å². The first-order valence-corrected chi connectivity index (χ1v) is 14.4. The average molecular weight is 592 g/mol. The number of carbonyl (C=O) groups excluding carboxylic acids is 1. The van der Waals surface area contributed by atoms with Gasteiger partial charge in [0.25, 0.3) is 5.91 Å². The molecule has 0 fully saturated rings. The van der Waals surface area contributed by atoms with Gasteiger partial charge in [-0.1, -0.05) is 68.3 Å². The number of carboxylic acid groups (broad SMARTS) is 1. The van der Waals surface area contributed by atoms with E-state index in [2.05, 4.69) is 17.2 Å². The van der Waals surface area contributed by atoms with E-state index in [1.165, 1.54) is 62.2 Å². The van der Waals surface area contributed by atoms with Crippen molar-refractivity contribution in [3.63, 3.8) is 0 Å². The number of halogens is 2. The van der Waals surface area contributed by atoms with Crippen molar-refractivity contribution in [2.24, 2.45) is 0 Å². The van der Waals surface area contributed by atoms with Gasteiger partial charge in [-0.25, -0.2) is 9.78 Å². The van der Waals surface area contributed by atoms with Gasteiger partial charge in [0.05, 0.1) is 29.5 Å². The van der Waals surface area contributed by atoms with Crippen molar-refractivity contribution < 1.29 is 24.2 Å². The molecule has 0 unspecified atom stereocenters. The number of benzene rings is 2. The normalized spacial score (nSPS) is 11.4. The molecule has 0 spiro atoms. The minimum Gasteiger partial charge on any atom is -0.492 e. The molecule has 0 saturated carbocycles. The van der Waals surface area contributed by atoms with E-state index in [0.717, 1.165) is 18.4 Å². The van der Waals surface area contributed by atoms with Crippen molar-refractivity contribution in [2.75, 3.05) is 19.0 Å². The number of hydrogen-bond donors (Lipinski definition) is 2. The van der Waals surface area contributed by atoms with Crippen molar-refractivity contribution in [1.29, 1.82) is 0 Å². The number of unbranched alkanes of at least 4 members (excludes halogenated alkanes) is 5. The number of thiazole rings is 1. The number of nitrogens with one attached hydrogen (secondary N) is 1. The van der Waals surface area contributed by atoms with Crippen LogP contribution in [0.5, 0.6) is 11.5 Å². The van der Waals surface area contributed by atoms with Gasteiger partial charge in [-0.05, 0) is 43.7 Å². The van der Waals surface area contributed by atoms with Gasteiger partial charge >= 0.3 is 5.97 Å². The lowest BCUT2D eigenvalue weighted by molar-refractivity contribution is -0.132. The monoisotopic (exact) mass is 590 g/mol. The van der Waals surface area contributed by atoms with Crippen LogP contribution in [0.3, 0.4) is 0 Å². The Kier molecular flexibility index (Phi) is 11.7. The van der Waals surface area contributed by atoms with Crippen LogP contribution in [0.15, 0.2) is 41.3 Å². The number of rotatable bonds is 14. The summed E-state index contributed by atoms with van der Waals surface area (Å²) in [5.74, 6) is -0.299. The number of carboxylic acids is 1. The third-order valence-corrected chi connectivity index (χ3v) is 7.36. The molecule has 0 saturated heterocycles. The van der Waals surface area contributed by atoms with E-state index in [4.69, 9.17) is 37.8 Å². The van der Waals surface area contributed by atoms with Gasteiger partial charge in [-0.15, -0.1) is 11.3 Å². The molecule has 0 bridgehead atoms. The Labute approximate surface area is 242 Å². The predicted octanol–water partition coefficient (Wildman–Crippen LogP) is 8.61. The molecule has 2 N–H and O–H groups in total. The Balaban J connectivity index is 1.70. The number of anilines is 1. The fourth-order valence-corrected chi connectivity index (χ4v) is 5.16. The maximum Gasteiger partial charge on any atom is 0.331 e. The molecule has 2 aromatic carbocycles. The fraction of sp³-hybridized carbons (Fsp3) is 0.345. The number of carbonyl (C=O) groups is 2. The zero-order chi connectivity index (χ0) is 28.4. The van der Waals surface area contributed by atoms with E-state index in [9.17, 15) is 9.59 Å². The Morgan fingerprint density at radius 1 is 1.10 bits per heavy atom. The molecule has 1 heterocycles. The van der Waals surface area contributed by atoms with Gasteiger partial charge in [-0.3, -0.25) is 10.1 Å². The van der Waals surface area contributed by atoms with E-state index < -0.39 is 11.9 Å². The zero-order valence-electron chi connectivity index (χ0n) is 22.2. The van der Waals surface area contributed by atoms with Crippen LogP contribution in [0.2, 0.25) is 10.0 Å². The van der Waals surface area contributed by atoms with E-state index in [1.54, 1.807) is 7.11 Å². The van der Waals surface area contributed by atoms with Crippen molar-refractivity contribution in [2.45, 2.75) is 52.4 Å². The molecular weight excluding hydrogens is 559 g/mol. The lowest BCUT2D eigenvalue weighted by atomic mass is 10.1. The van der Waals surface area contributed by atoms with E-state index in [0.29, 0.717) is 34.5 Å². The molecule has 0 aliphatic carbocycles. The van der Waals surface area contributed by atoms with Crippen molar-refractivity contribution in [3.8, 4) is 22.8 Å². The first-order chi connectivity index (χ1) is 18.7. The standard InChI is InChI=1S/C29H32Cl2N2O5S/c1-4-5-6-7-8-9-13-38-25-12-10-11-20(26(25)37-3)24-17-39-29(32-24)33-27(34)19-15-22(30)21(23(31)16-19)14-18(2)28(35)36/h10-12,14-17H,4-9,13H2,1-3H3,(H,35,36)(H,32,33,34)/b18-14+. The van der Waals surface area contributed by atoms with Gasteiger partial charge in [0.1, 0.15) is 0 Å². The largest absolute Gasteiger partial charge is 0.492 e. The topological polar surface area (TPSA) is 97.8 Å². The van der Waals surface area contributed by atoms with Crippen LogP contribution in [0.25, 0.3) is 17.3 Å². The Hall–Kier alpha value is -3.07. The van der Waals surface area contributed by atoms with E-state index in [-0.39, 0.29) is 21.2 Å². The number of methoxy groups -OCH3 is 1. The first kappa shape index (κ1) is 30.5. The maximum atomic E-state index is 12.9. The average Bonchev–Trinajstić information content (AvgIpc) is 3.37. The molecule has 39 heavy (non-hydrogen) atoms. The molecule has 1 amide bonds. The van der Waals surface area contributed by atoms with Gasteiger partial charge in [0.2, 0.25) is 0 Å². The minimum absolute atomic E-state index is 0.0682. The van der Waals surface area contributed by atoms with Crippen LogP contribution < -0.4 is 14.8 Å². The minimum atomic E-state index is -1.09. The summed E-state index contributed by atoms with van der Waals surface area (Å²) in [5, 5.41) is 14.4. The third-order valence-electron chi connectivity index (χ3n) is 5.98. The predicted molar refractivity (Wildman–Crippen MR) is 159 cm³/mol. The second-order valence-corrected chi connectivity index (χ2v) is 10.6. The molecule has 0 atom stereocenters. The number of aliphatic carboxylic acids is 1. The lowest BCUT2D eigenvalue weighted by Gasteiger charge is -2.13. The van der Waals surface area contributed by atoms with Crippen LogP contribution in [0.4, 0.5) is 5.13 Å². The van der Waals surface area contributed by atoms with Gasteiger partial charge in [-0.2, -0.15) is 0 Å². The second kappa shape index (κ2) is 14.9. The molecule has 7 nitrogen and oxygen atoms in total. The fourth-order valence-electron chi connectivity index (χ4n) is 3.86. The summed E-state index contributed by atoms with van der Waals surface area (Å²) in [6, 6.07) is 8.52. The van der Waals surface area contributed by atoms with Crippen LogP contribution in [-0.2, 0) is 4.79 Å². The van der Waals surface area contributed by atoms with Crippen LogP contribution >= 0.6 is 34.5 Å². The number of para-hydroxylation sites is 1. The van der Waals surface area contributed by atoms with Crippen molar-refractivity contribution in [3.05, 3.63) is 62.5 Å². The molecule has 0 aliphatic rings. The maximum absolute atomic E-state index is 12.9. The molecule has 1 aromatic heterocycles. The second-order valence-electron chi connectivity index (χ2n) is 8.93. The first-order valence-electron chi connectivity index (χ1n) is 12.7. The number of amides is 1. The molecule has 0 aliphatic heterocycles. The Morgan fingerprint density at radius 3 is 2.46 bits per heavy atom. The van der Waals surface area contributed by atoms with E-state index >= 15 is 0 Å². The highest BCUT2D eigenvalue weighted by molar-refractivity contribution is 7.14. The highest BCUT2D eigenvalue weighted by atomic mass is 35.5. The summed E-state index contributed by atoms with van der Waals surface area (Å²) in [4.78, 5) is 28.6. The summed E-state index contributed by atoms with van der Waals surface area (Å²) in [6.07, 6.45) is 8.45. The van der Waals surface area contributed by atoms with Crippen LogP contribution in [-0.4, -0.2) is 35.7 Å². The molecule has 3 aromatic rings. The van der Waals surface area contributed by atoms with Crippen molar-refractivity contribution >= 4 is 57.6 Å². The number of ether oxygens (including phenoxy) is 2. The number of nitrogens with zero attached hydrogens (tertiary/aromatic N) is 1. The van der Waals surface area contributed by atoms with Crippen LogP contribution in [0.1, 0.15) is 68.3 Å². The highest BCUT2D eigenvalue weighted by Gasteiger charge is 2.18. The summed E-state index contributed by atoms with van der Waals surface area (Å²) < 4.78 is 11.7. The lowest BCUT2D eigenvalue weighted by Crippen LogP contribution is -2.12. The number of aromatic nitrogens is 1. The van der Waals surface area contributed by atoms with Gasteiger partial charge in [0, 0.05) is 27.6 Å². The van der Waals surface area contributed by atoms with Gasteiger partial charge < -0.3 is 14.6 Å². The summed E-state index contributed by atoms with van der Waals surface area (Å²) >= 11 is 13.9. The van der Waals surface area contributed by atoms with Crippen molar-refractivity contribution in [1.82, 2.24) is 4.98 Å². The Morgan fingerprint density at radius 2 is 1.79 bits per heavy atom. The summed E-state index contributed by atoms with van der Waals surface area (Å²) in [7, 11) is 1.59. The smallest absolute Gasteiger partial charge is 0.331 e. The summed E-state index contributed by atoms with van der Waals surface area (Å²) in [5.41, 5.74) is 2.01.